The number of nitrogens with one attached hydrogen (secondary N) is 1. The highest BCUT2D eigenvalue weighted by Gasteiger charge is 2.19. The lowest BCUT2D eigenvalue weighted by Crippen LogP contribution is -1.99. The summed E-state index contributed by atoms with van der Waals surface area (Å²) in [7, 11) is 3.01. The van der Waals surface area contributed by atoms with Gasteiger partial charge in [-0.1, -0.05) is 0 Å². The second-order valence-electron chi connectivity index (χ2n) is 4.69. The Kier molecular flexibility index (Phi) is 5.46. The molecule has 2 aromatic rings. The summed E-state index contributed by atoms with van der Waals surface area (Å²) in [5, 5.41) is 25.7. The molecule has 0 amide bonds. The Labute approximate surface area is 142 Å². The van der Waals surface area contributed by atoms with Gasteiger partial charge in [0.15, 0.2) is 0 Å². The van der Waals surface area contributed by atoms with E-state index in [4.69, 9.17) is 9.47 Å². The summed E-state index contributed by atoms with van der Waals surface area (Å²) in [6, 6.07) is 8.31. The zero-order valence-corrected chi connectivity index (χ0v) is 13.3. The molecule has 0 aliphatic carbocycles. The third kappa shape index (κ3) is 4.19. The SMILES string of the molecule is COc1ccc(/C=N\Nc2ccc([N+](=O)[O-])cc2[N+](=O)[O-])c(OC)c1. The van der Waals surface area contributed by atoms with Crippen LogP contribution < -0.4 is 14.9 Å². The Morgan fingerprint density at radius 2 is 1.80 bits per heavy atom. The number of methoxy groups -OCH3 is 2. The van der Waals surface area contributed by atoms with Crippen molar-refractivity contribution in [3.8, 4) is 11.5 Å². The van der Waals surface area contributed by atoms with Crippen molar-refractivity contribution in [1.29, 1.82) is 0 Å². The van der Waals surface area contributed by atoms with Crippen LogP contribution in [0.1, 0.15) is 5.56 Å². The highest BCUT2D eigenvalue weighted by atomic mass is 16.6. The first-order chi connectivity index (χ1) is 12.0. The zero-order chi connectivity index (χ0) is 18.4. The third-order valence-corrected chi connectivity index (χ3v) is 3.22. The number of nitrogens with zero attached hydrogens (tertiary/aromatic N) is 3. The van der Waals surface area contributed by atoms with Crippen LogP contribution in [0.4, 0.5) is 17.1 Å². The highest BCUT2D eigenvalue weighted by molar-refractivity contribution is 5.84. The molecular formula is C15H14N4O6. The van der Waals surface area contributed by atoms with E-state index in [0.29, 0.717) is 17.1 Å². The van der Waals surface area contributed by atoms with Crippen molar-refractivity contribution in [2.75, 3.05) is 19.6 Å². The molecule has 0 bridgehead atoms. The highest BCUT2D eigenvalue weighted by Crippen LogP contribution is 2.29. The molecule has 0 radical (unpaired) electrons. The van der Waals surface area contributed by atoms with E-state index in [1.165, 1.54) is 26.5 Å². The second kappa shape index (κ2) is 7.73. The molecule has 0 aliphatic heterocycles. The number of nitro groups is 2. The number of hydrogen-bond donors (Lipinski definition) is 1. The first-order valence-corrected chi connectivity index (χ1v) is 6.90. The fraction of sp³-hybridized carbons (Fsp3) is 0.133. The van der Waals surface area contributed by atoms with Gasteiger partial charge in [0.1, 0.15) is 17.2 Å². The normalized spacial score (nSPS) is 10.5. The summed E-state index contributed by atoms with van der Waals surface area (Å²) < 4.78 is 10.3. The van der Waals surface area contributed by atoms with Gasteiger partial charge in [-0.25, -0.2) is 0 Å². The molecule has 0 heterocycles. The Bertz CT molecular complexity index is 837. The van der Waals surface area contributed by atoms with Crippen molar-refractivity contribution >= 4 is 23.3 Å². The first-order valence-electron chi connectivity index (χ1n) is 6.90. The van der Waals surface area contributed by atoms with Gasteiger partial charge in [0, 0.05) is 17.7 Å². The van der Waals surface area contributed by atoms with E-state index in [1.54, 1.807) is 18.2 Å². The number of nitro benzene ring substituents is 2. The number of non-ortho nitro benzene ring substituents is 1. The molecular weight excluding hydrogens is 332 g/mol. The summed E-state index contributed by atoms with van der Waals surface area (Å²) >= 11 is 0. The zero-order valence-electron chi connectivity index (χ0n) is 13.3. The first kappa shape index (κ1) is 17.7. The number of hydrogen-bond acceptors (Lipinski definition) is 8. The van der Waals surface area contributed by atoms with Gasteiger partial charge in [0.05, 0.1) is 36.3 Å². The van der Waals surface area contributed by atoms with Gasteiger partial charge in [-0.05, 0) is 18.2 Å². The topological polar surface area (TPSA) is 129 Å². The number of benzene rings is 2. The fourth-order valence-electron chi connectivity index (χ4n) is 1.98. The molecule has 2 aromatic carbocycles. The Hall–Kier alpha value is -3.69. The van der Waals surface area contributed by atoms with Gasteiger partial charge in [0.2, 0.25) is 0 Å². The maximum absolute atomic E-state index is 11.1. The van der Waals surface area contributed by atoms with E-state index >= 15 is 0 Å². The summed E-state index contributed by atoms with van der Waals surface area (Å²) in [6.45, 7) is 0. The van der Waals surface area contributed by atoms with Crippen LogP contribution in [0.25, 0.3) is 0 Å². The molecule has 2 rings (SSSR count). The largest absolute Gasteiger partial charge is 0.497 e. The fourth-order valence-corrected chi connectivity index (χ4v) is 1.98. The number of hydrazone groups is 1. The van der Waals surface area contributed by atoms with Crippen LogP contribution in [-0.4, -0.2) is 30.3 Å². The molecule has 0 unspecified atom stereocenters. The predicted molar refractivity (Wildman–Crippen MR) is 90.5 cm³/mol. The molecule has 10 nitrogen and oxygen atoms in total. The quantitative estimate of drug-likeness (QED) is 0.463. The van der Waals surface area contributed by atoms with Gasteiger partial charge in [-0.2, -0.15) is 5.10 Å². The van der Waals surface area contributed by atoms with Gasteiger partial charge >= 0.3 is 5.69 Å². The van der Waals surface area contributed by atoms with Crippen LogP contribution in [0.3, 0.4) is 0 Å². The van der Waals surface area contributed by atoms with Crippen molar-refractivity contribution in [2.45, 2.75) is 0 Å². The van der Waals surface area contributed by atoms with Gasteiger partial charge < -0.3 is 9.47 Å². The minimum atomic E-state index is -0.723. The Morgan fingerprint density at radius 1 is 1.04 bits per heavy atom. The van der Waals surface area contributed by atoms with Crippen LogP contribution >= 0.6 is 0 Å². The average Bonchev–Trinajstić information content (AvgIpc) is 2.61. The van der Waals surface area contributed by atoms with E-state index in [0.717, 1.165) is 12.1 Å². The maximum Gasteiger partial charge on any atom is 0.301 e. The van der Waals surface area contributed by atoms with Gasteiger partial charge in [-0.15, -0.1) is 0 Å². The molecule has 0 saturated carbocycles. The molecule has 0 atom stereocenters. The lowest BCUT2D eigenvalue weighted by molar-refractivity contribution is -0.393. The minimum Gasteiger partial charge on any atom is -0.497 e. The summed E-state index contributed by atoms with van der Waals surface area (Å²) in [5.74, 6) is 1.11. The number of anilines is 1. The minimum absolute atomic E-state index is 0.0272. The lowest BCUT2D eigenvalue weighted by atomic mass is 10.2. The average molecular weight is 346 g/mol. The van der Waals surface area contributed by atoms with Crippen LogP contribution in [0, 0.1) is 20.2 Å². The van der Waals surface area contributed by atoms with Crippen LogP contribution in [0.2, 0.25) is 0 Å². The summed E-state index contributed by atoms with van der Waals surface area (Å²) in [5.41, 5.74) is 2.32. The Morgan fingerprint density at radius 3 is 2.40 bits per heavy atom. The Balaban J connectivity index is 2.25. The summed E-state index contributed by atoms with van der Waals surface area (Å²) in [4.78, 5) is 20.3. The van der Waals surface area contributed by atoms with Crippen LogP contribution in [-0.2, 0) is 0 Å². The molecule has 0 saturated heterocycles. The van der Waals surface area contributed by atoms with E-state index in [2.05, 4.69) is 10.5 Å². The molecule has 0 aliphatic rings. The predicted octanol–water partition coefficient (Wildman–Crippen LogP) is 2.97. The van der Waals surface area contributed by atoms with Crippen molar-refractivity contribution in [1.82, 2.24) is 0 Å². The van der Waals surface area contributed by atoms with E-state index in [-0.39, 0.29) is 11.4 Å². The van der Waals surface area contributed by atoms with Gasteiger partial charge in [0.25, 0.3) is 5.69 Å². The van der Waals surface area contributed by atoms with Crippen LogP contribution in [0.15, 0.2) is 41.5 Å². The molecule has 10 heteroatoms. The smallest absolute Gasteiger partial charge is 0.301 e. The number of rotatable bonds is 7. The number of ether oxygens (including phenoxy) is 2. The molecule has 0 aromatic heterocycles. The summed E-state index contributed by atoms with van der Waals surface area (Å²) in [6.07, 6.45) is 1.41. The maximum atomic E-state index is 11.1. The van der Waals surface area contributed by atoms with Crippen molar-refractivity contribution in [3.63, 3.8) is 0 Å². The molecule has 0 fully saturated rings. The monoisotopic (exact) mass is 346 g/mol. The van der Waals surface area contributed by atoms with Gasteiger partial charge in [-0.3, -0.25) is 25.7 Å². The lowest BCUT2D eigenvalue weighted by Gasteiger charge is -2.07. The van der Waals surface area contributed by atoms with Crippen molar-refractivity contribution in [3.05, 3.63) is 62.2 Å². The third-order valence-electron chi connectivity index (χ3n) is 3.22. The molecule has 25 heavy (non-hydrogen) atoms. The standard InChI is InChI=1S/C15H14N4O6/c1-24-12-5-3-10(15(8-12)25-2)9-16-17-13-6-4-11(18(20)21)7-14(13)19(22)23/h3-9,17H,1-2H3/b16-9-. The van der Waals surface area contributed by atoms with E-state index in [9.17, 15) is 20.2 Å². The van der Waals surface area contributed by atoms with Crippen LogP contribution in [0.5, 0.6) is 11.5 Å². The molecule has 130 valence electrons. The second-order valence-corrected chi connectivity index (χ2v) is 4.69. The van der Waals surface area contributed by atoms with Crippen molar-refractivity contribution in [2.24, 2.45) is 5.10 Å². The molecule has 1 N–H and O–H groups in total. The van der Waals surface area contributed by atoms with E-state index < -0.39 is 15.5 Å². The van der Waals surface area contributed by atoms with E-state index in [1.807, 2.05) is 0 Å². The van der Waals surface area contributed by atoms with Crippen molar-refractivity contribution < 1.29 is 19.3 Å². The molecule has 0 spiro atoms.